The summed E-state index contributed by atoms with van der Waals surface area (Å²) in [7, 11) is 0. The Morgan fingerprint density at radius 2 is 2.19 bits per heavy atom. The van der Waals surface area contributed by atoms with Gasteiger partial charge in [-0.15, -0.1) is 0 Å². The Balaban J connectivity index is 2.51. The summed E-state index contributed by atoms with van der Waals surface area (Å²) in [5, 5.41) is 0. The fraction of sp³-hybridized carbons (Fsp3) is 0.500. The summed E-state index contributed by atoms with van der Waals surface area (Å²) in [6.07, 6.45) is -3.74. The van der Waals surface area contributed by atoms with Gasteiger partial charge in [0, 0.05) is 18.3 Å². The van der Waals surface area contributed by atoms with Crippen molar-refractivity contribution in [2.75, 3.05) is 6.61 Å². The summed E-state index contributed by atoms with van der Waals surface area (Å²) in [5.74, 6) is 0.166. The molecular weight excluding hydrogens is 221 g/mol. The van der Waals surface area contributed by atoms with Crippen molar-refractivity contribution in [2.24, 2.45) is 5.73 Å². The molecule has 90 valence electrons. The Morgan fingerprint density at radius 1 is 1.50 bits per heavy atom. The average molecular weight is 234 g/mol. The third-order valence-corrected chi connectivity index (χ3v) is 1.92. The van der Waals surface area contributed by atoms with Gasteiger partial charge in [-0.25, -0.2) is 4.98 Å². The molecule has 0 aliphatic heterocycles. The molecule has 0 radical (unpaired) electrons. The molecule has 0 saturated heterocycles. The lowest BCUT2D eigenvalue weighted by molar-refractivity contribution is -0.139. The van der Waals surface area contributed by atoms with Crippen molar-refractivity contribution < 1.29 is 17.9 Å². The Bertz CT molecular complexity index is 339. The summed E-state index contributed by atoms with van der Waals surface area (Å²) in [5.41, 5.74) is 6.39. The largest absolute Gasteiger partial charge is 0.477 e. The van der Waals surface area contributed by atoms with Gasteiger partial charge in [-0.2, -0.15) is 13.2 Å². The van der Waals surface area contributed by atoms with Gasteiger partial charge in [0.2, 0.25) is 5.88 Å². The van der Waals surface area contributed by atoms with Gasteiger partial charge in [0.05, 0.1) is 13.0 Å². The van der Waals surface area contributed by atoms with Crippen LogP contribution in [-0.4, -0.2) is 17.8 Å². The lowest BCUT2D eigenvalue weighted by Gasteiger charge is -2.10. The molecule has 1 unspecified atom stereocenters. The lowest BCUT2D eigenvalue weighted by Crippen LogP contribution is -2.13. The summed E-state index contributed by atoms with van der Waals surface area (Å²) in [6, 6.07) is 3.04. The predicted octanol–water partition coefficient (Wildman–Crippen LogP) is 2.43. The van der Waals surface area contributed by atoms with Crippen LogP contribution >= 0.6 is 0 Å². The fourth-order valence-electron chi connectivity index (χ4n) is 1.06. The highest BCUT2D eigenvalue weighted by molar-refractivity contribution is 5.22. The smallest absolute Gasteiger partial charge is 0.392 e. The third-order valence-electron chi connectivity index (χ3n) is 1.92. The fourth-order valence-corrected chi connectivity index (χ4v) is 1.06. The standard InChI is InChI=1S/C10H13F3N2O/c1-7(14)8-2-4-15-9(6-8)16-5-3-10(11,12)13/h2,4,6-7H,3,5,14H2,1H3. The van der Waals surface area contributed by atoms with E-state index in [0.29, 0.717) is 0 Å². The molecule has 0 aliphatic carbocycles. The van der Waals surface area contributed by atoms with Crippen molar-refractivity contribution in [3.8, 4) is 5.88 Å². The SMILES string of the molecule is CC(N)c1ccnc(OCCC(F)(F)F)c1. The molecule has 1 aromatic heterocycles. The third kappa shape index (κ3) is 4.48. The van der Waals surface area contributed by atoms with Gasteiger partial charge in [0.25, 0.3) is 0 Å². The van der Waals surface area contributed by atoms with Crippen molar-refractivity contribution in [2.45, 2.75) is 25.6 Å². The minimum Gasteiger partial charge on any atom is -0.477 e. The van der Waals surface area contributed by atoms with Crippen LogP contribution in [0.5, 0.6) is 5.88 Å². The molecule has 0 spiro atoms. The van der Waals surface area contributed by atoms with Gasteiger partial charge in [0.15, 0.2) is 0 Å². The highest BCUT2D eigenvalue weighted by Gasteiger charge is 2.26. The van der Waals surface area contributed by atoms with Crippen molar-refractivity contribution in [3.63, 3.8) is 0 Å². The van der Waals surface area contributed by atoms with Gasteiger partial charge in [0.1, 0.15) is 0 Å². The number of hydrogen-bond acceptors (Lipinski definition) is 3. The van der Waals surface area contributed by atoms with Gasteiger partial charge < -0.3 is 10.5 Å². The van der Waals surface area contributed by atoms with Crippen molar-refractivity contribution in [1.82, 2.24) is 4.98 Å². The first-order valence-corrected chi connectivity index (χ1v) is 4.79. The molecule has 0 fully saturated rings. The number of aromatic nitrogens is 1. The molecule has 1 atom stereocenters. The maximum atomic E-state index is 11.8. The van der Waals surface area contributed by atoms with E-state index in [1.165, 1.54) is 6.20 Å². The van der Waals surface area contributed by atoms with Crippen LogP contribution < -0.4 is 10.5 Å². The first-order chi connectivity index (χ1) is 7.38. The lowest BCUT2D eigenvalue weighted by atomic mass is 10.1. The zero-order valence-corrected chi connectivity index (χ0v) is 8.79. The molecule has 1 heterocycles. The Hall–Kier alpha value is -1.30. The number of hydrogen-bond donors (Lipinski definition) is 1. The maximum Gasteiger partial charge on any atom is 0.392 e. The second-order valence-electron chi connectivity index (χ2n) is 3.43. The van der Waals surface area contributed by atoms with Crippen LogP contribution in [0.25, 0.3) is 0 Å². The minimum absolute atomic E-state index is 0.166. The van der Waals surface area contributed by atoms with Gasteiger partial charge >= 0.3 is 6.18 Å². The summed E-state index contributed by atoms with van der Waals surface area (Å²) in [4.78, 5) is 3.80. The van der Waals surface area contributed by atoms with E-state index in [1.54, 1.807) is 19.1 Å². The van der Waals surface area contributed by atoms with E-state index in [2.05, 4.69) is 4.98 Å². The van der Waals surface area contributed by atoms with E-state index in [1.807, 2.05) is 0 Å². The van der Waals surface area contributed by atoms with Gasteiger partial charge in [-0.05, 0) is 18.6 Å². The molecule has 0 amide bonds. The number of halogens is 3. The van der Waals surface area contributed by atoms with Gasteiger partial charge in [-0.3, -0.25) is 0 Å². The molecule has 6 heteroatoms. The second-order valence-corrected chi connectivity index (χ2v) is 3.43. The van der Waals surface area contributed by atoms with E-state index >= 15 is 0 Å². The van der Waals surface area contributed by atoms with Crippen molar-refractivity contribution in [3.05, 3.63) is 23.9 Å². The maximum absolute atomic E-state index is 11.8. The first-order valence-electron chi connectivity index (χ1n) is 4.79. The monoisotopic (exact) mass is 234 g/mol. The highest BCUT2D eigenvalue weighted by atomic mass is 19.4. The molecule has 1 aromatic rings. The molecule has 3 nitrogen and oxygen atoms in total. The van der Waals surface area contributed by atoms with Crippen molar-refractivity contribution in [1.29, 1.82) is 0 Å². The summed E-state index contributed by atoms with van der Waals surface area (Å²) < 4.78 is 40.4. The molecule has 0 aliphatic rings. The number of pyridine rings is 1. The van der Waals surface area contributed by atoms with Crippen LogP contribution in [0, 0.1) is 0 Å². The number of nitrogens with zero attached hydrogens (tertiary/aromatic N) is 1. The first kappa shape index (κ1) is 12.8. The van der Waals surface area contributed by atoms with Crippen molar-refractivity contribution >= 4 is 0 Å². The topological polar surface area (TPSA) is 48.1 Å². The Kier molecular flexibility index (Phi) is 4.12. The number of alkyl halides is 3. The summed E-state index contributed by atoms with van der Waals surface area (Å²) >= 11 is 0. The van der Waals surface area contributed by atoms with Gasteiger partial charge in [-0.1, -0.05) is 0 Å². The number of nitrogens with two attached hydrogens (primary N) is 1. The van der Waals surface area contributed by atoms with E-state index in [4.69, 9.17) is 10.5 Å². The molecule has 0 bridgehead atoms. The van der Waals surface area contributed by atoms with Crippen LogP contribution in [0.4, 0.5) is 13.2 Å². The van der Waals surface area contributed by atoms with E-state index in [0.717, 1.165) is 5.56 Å². The van der Waals surface area contributed by atoms with Crippen LogP contribution in [0.1, 0.15) is 24.9 Å². The zero-order chi connectivity index (χ0) is 12.2. The van der Waals surface area contributed by atoms with E-state index in [9.17, 15) is 13.2 Å². The number of rotatable bonds is 4. The predicted molar refractivity (Wildman–Crippen MR) is 53.0 cm³/mol. The van der Waals surface area contributed by atoms with Crippen LogP contribution in [0.2, 0.25) is 0 Å². The second kappa shape index (κ2) is 5.16. The molecule has 1 rings (SSSR count). The molecular formula is C10H13F3N2O. The minimum atomic E-state index is -4.21. The molecule has 0 saturated carbocycles. The average Bonchev–Trinajstić information content (AvgIpc) is 2.16. The zero-order valence-electron chi connectivity index (χ0n) is 8.79. The number of ether oxygens (including phenoxy) is 1. The van der Waals surface area contributed by atoms with E-state index < -0.39 is 19.2 Å². The van der Waals surface area contributed by atoms with E-state index in [-0.39, 0.29) is 11.9 Å². The molecule has 2 N–H and O–H groups in total. The highest BCUT2D eigenvalue weighted by Crippen LogP contribution is 2.20. The van der Waals surface area contributed by atoms with Crippen LogP contribution in [0.15, 0.2) is 18.3 Å². The van der Waals surface area contributed by atoms with Crippen LogP contribution in [0.3, 0.4) is 0 Å². The summed E-state index contributed by atoms with van der Waals surface area (Å²) in [6.45, 7) is 1.34. The molecule has 0 aromatic carbocycles. The Morgan fingerprint density at radius 3 is 2.75 bits per heavy atom. The normalized spacial score (nSPS) is 13.6. The quantitative estimate of drug-likeness (QED) is 0.870. The van der Waals surface area contributed by atoms with Crippen LogP contribution in [-0.2, 0) is 0 Å². The molecule has 16 heavy (non-hydrogen) atoms. The Labute approximate surface area is 91.4 Å².